The van der Waals surface area contributed by atoms with Crippen LogP contribution in [0.25, 0.3) is 0 Å². The molecule has 0 saturated carbocycles. The van der Waals surface area contributed by atoms with Gasteiger partial charge < -0.3 is 18.3 Å². The maximum absolute atomic E-state index is 6.69. The third kappa shape index (κ3) is 12.6. The van der Waals surface area contributed by atoms with Crippen molar-refractivity contribution in [3.63, 3.8) is 0 Å². The summed E-state index contributed by atoms with van der Waals surface area (Å²) in [7, 11) is -1.42. The Kier molecular flexibility index (Phi) is 12.4. The van der Waals surface area contributed by atoms with Gasteiger partial charge in [-0.1, -0.05) is 24.6 Å². The van der Waals surface area contributed by atoms with Crippen LogP contribution in [0.4, 0.5) is 0 Å². The van der Waals surface area contributed by atoms with Gasteiger partial charge in [0, 0.05) is 5.92 Å². The van der Waals surface area contributed by atoms with Crippen molar-refractivity contribution >= 4 is 16.6 Å². The van der Waals surface area contributed by atoms with Crippen molar-refractivity contribution in [3.05, 3.63) is 35.1 Å². The first-order chi connectivity index (χ1) is 15.1. The summed E-state index contributed by atoms with van der Waals surface area (Å²) in [5, 5.41) is 0. The Morgan fingerprint density at radius 1 is 1.12 bits per heavy atom. The molecule has 0 radical (unpaired) electrons. The fraction of sp³-hybridized carbons (Fsp3) is 0.778. The van der Waals surface area contributed by atoms with E-state index in [0.29, 0.717) is 19.1 Å². The van der Waals surface area contributed by atoms with Crippen LogP contribution in [-0.2, 0) is 18.3 Å². The lowest BCUT2D eigenvalue weighted by atomic mass is 9.88. The monoisotopic (exact) mass is 496 g/mol. The molecule has 0 bridgehead atoms. The second kappa shape index (κ2) is 13.4. The zero-order valence-electron chi connectivity index (χ0n) is 23.5. The van der Waals surface area contributed by atoms with Crippen LogP contribution in [0.15, 0.2) is 35.1 Å². The first kappa shape index (κ1) is 30.4. The van der Waals surface area contributed by atoms with Crippen molar-refractivity contribution in [2.75, 3.05) is 20.3 Å². The van der Waals surface area contributed by atoms with E-state index in [1.165, 1.54) is 11.1 Å². The highest BCUT2D eigenvalue weighted by atomic mass is 28.4. The normalized spacial score (nSPS) is 25.0. The molecule has 1 aliphatic heterocycles. The minimum Gasteiger partial charge on any atom is -0.501 e. The van der Waals surface area contributed by atoms with Gasteiger partial charge in [-0.05, 0) is 104 Å². The summed E-state index contributed by atoms with van der Waals surface area (Å²) < 4.78 is 25.0. The second-order valence-corrected chi connectivity index (χ2v) is 20.9. The summed E-state index contributed by atoms with van der Waals surface area (Å²) in [5.41, 5.74) is 2.36. The summed E-state index contributed by atoms with van der Waals surface area (Å²) in [6, 6.07) is 0. The lowest BCUT2D eigenvalue weighted by molar-refractivity contribution is -0.0975. The van der Waals surface area contributed by atoms with Gasteiger partial charge in [0.1, 0.15) is 0 Å². The standard InChI is InChI=1S/C27H52O4Si2/c1-22(2)14-16-25(28-5)23(3)13-12-19-27(4)26(31-33(9,10)11)17-15-24(21-29-27)18-20-30-32(6,7)8/h14,16,18,23,26H,12-13,15,17,19-21H2,1-11H3/t23?,26-,27+/m1/s1. The van der Waals surface area contributed by atoms with E-state index in [-0.39, 0.29) is 11.7 Å². The molecule has 0 aliphatic carbocycles. The molecule has 3 atom stereocenters. The fourth-order valence-corrected chi connectivity index (χ4v) is 5.85. The SMILES string of the molecule is COC(=CC=C(C)C)C(C)CCC[C@]1(C)OCC(=CCO[Si](C)(C)C)CC[C@H]1O[Si](C)(C)C. The van der Waals surface area contributed by atoms with Crippen LogP contribution >= 0.6 is 0 Å². The molecule has 1 aliphatic rings. The molecule has 192 valence electrons. The van der Waals surface area contributed by atoms with Crippen molar-refractivity contribution in [2.24, 2.45) is 5.92 Å². The van der Waals surface area contributed by atoms with Gasteiger partial charge in [0.2, 0.25) is 0 Å². The van der Waals surface area contributed by atoms with Crippen LogP contribution in [0.2, 0.25) is 39.3 Å². The highest BCUT2D eigenvalue weighted by molar-refractivity contribution is 6.70. The van der Waals surface area contributed by atoms with Crippen molar-refractivity contribution in [1.29, 1.82) is 0 Å². The van der Waals surface area contributed by atoms with E-state index >= 15 is 0 Å². The van der Waals surface area contributed by atoms with Crippen LogP contribution in [-0.4, -0.2) is 48.7 Å². The van der Waals surface area contributed by atoms with E-state index < -0.39 is 16.6 Å². The second-order valence-electron chi connectivity index (χ2n) is 12.0. The molecule has 0 aromatic rings. The molecule has 0 aromatic carbocycles. The molecule has 0 amide bonds. The number of hydrogen-bond acceptors (Lipinski definition) is 4. The van der Waals surface area contributed by atoms with Crippen LogP contribution in [0.5, 0.6) is 0 Å². The quantitative estimate of drug-likeness (QED) is 0.119. The molecule has 1 saturated heterocycles. The van der Waals surface area contributed by atoms with Gasteiger partial charge in [-0.3, -0.25) is 0 Å². The summed E-state index contributed by atoms with van der Waals surface area (Å²) >= 11 is 0. The van der Waals surface area contributed by atoms with Crippen LogP contribution in [0.1, 0.15) is 59.8 Å². The number of ether oxygens (including phenoxy) is 2. The smallest absolute Gasteiger partial charge is 0.184 e. The minimum absolute atomic E-state index is 0.131. The first-order valence-electron chi connectivity index (χ1n) is 12.7. The summed E-state index contributed by atoms with van der Waals surface area (Å²) in [4.78, 5) is 0. The lowest BCUT2D eigenvalue weighted by Gasteiger charge is -2.39. The molecule has 0 spiro atoms. The number of allylic oxidation sites excluding steroid dienone is 4. The molecule has 33 heavy (non-hydrogen) atoms. The lowest BCUT2D eigenvalue weighted by Crippen LogP contribution is -2.47. The van der Waals surface area contributed by atoms with Crippen molar-refractivity contribution in [1.82, 2.24) is 0 Å². The van der Waals surface area contributed by atoms with Crippen LogP contribution < -0.4 is 0 Å². The molecule has 0 N–H and O–H groups in total. The van der Waals surface area contributed by atoms with E-state index in [4.69, 9.17) is 18.3 Å². The maximum Gasteiger partial charge on any atom is 0.184 e. The molecular formula is C27H52O4Si2. The Labute approximate surface area is 207 Å². The molecule has 6 heteroatoms. The van der Waals surface area contributed by atoms with E-state index in [1.54, 1.807) is 7.11 Å². The van der Waals surface area contributed by atoms with Crippen molar-refractivity contribution in [2.45, 2.75) is 111 Å². The zero-order chi connectivity index (χ0) is 25.3. The van der Waals surface area contributed by atoms with Gasteiger partial charge in [-0.15, -0.1) is 0 Å². The van der Waals surface area contributed by atoms with Crippen LogP contribution in [0, 0.1) is 5.92 Å². The summed E-state index contributed by atoms with van der Waals surface area (Å²) in [5.74, 6) is 1.43. The Hall–Kier alpha value is -0.666. The molecular weight excluding hydrogens is 444 g/mol. The summed E-state index contributed by atoms with van der Waals surface area (Å²) in [6.07, 6.45) is 11.8. The predicted molar refractivity (Wildman–Crippen MR) is 147 cm³/mol. The van der Waals surface area contributed by atoms with Crippen LogP contribution in [0.3, 0.4) is 0 Å². The van der Waals surface area contributed by atoms with E-state index in [0.717, 1.165) is 37.9 Å². The third-order valence-corrected chi connectivity index (χ3v) is 8.02. The average molecular weight is 497 g/mol. The number of hydrogen-bond donors (Lipinski definition) is 0. The summed E-state index contributed by atoms with van der Waals surface area (Å²) in [6.45, 7) is 23.6. The minimum atomic E-state index is -1.69. The van der Waals surface area contributed by atoms with Crippen molar-refractivity contribution < 1.29 is 18.3 Å². The molecule has 4 nitrogen and oxygen atoms in total. The van der Waals surface area contributed by atoms with E-state index in [2.05, 4.69) is 85.2 Å². The first-order valence-corrected chi connectivity index (χ1v) is 19.5. The average Bonchev–Trinajstić information content (AvgIpc) is 2.80. The zero-order valence-corrected chi connectivity index (χ0v) is 25.5. The van der Waals surface area contributed by atoms with Gasteiger partial charge in [0.25, 0.3) is 0 Å². The van der Waals surface area contributed by atoms with Crippen molar-refractivity contribution in [3.8, 4) is 0 Å². The molecule has 1 rings (SSSR count). The highest BCUT2D eigenvalue weighted by Crippen LogP contribution is 2.35. The molecule has 0 aromatic heterocycles. The Morgan fingerprint density at radius 2 is 1.79 bits per heavy atom. The predicted octanol–water partition coefficient (Wildman–Crippen LogP) is 7.86. The highest BCUT2D eigenvalue weighted by Gasteiger charge is 2.40. The number of rotatable bonds is 12. The van der Waals surface area contributed by atoms with Gasteiger partial charge in [0.05, 0.1) is 37.8 Å². The van der Waals surface area contributed by atoms with Gasteiger partial charge in [-0.2, -0.15) is 0 Å². The molecule has 1 heterocycles. The molecule has 1 unspecified atom stereocenters. The number of methoxy groups -OCH3 is 1. The van der Waals surface area contributed by atoms with Gasteiger partial charge >= 0.3 is 0 Å². The van der Waals surface area contributed by atoms with E-state index in [9.17, 15) is 0 Å². The maximum atomic E-state index is 6.69. The Bertz CT molecular complexity index is 681. The largest absolute Gasteiger partial charge is 0.501 e. The van der Waals surface area contributed by atoms with Gasteiger partial charge in [-0.25, -0.2) is 0 Å². The fourth-order valence-electron chi connectivity index (χ4n) is 4.04. The Morgan fingerprint density at radius 3 is 2.33 bits per heavy atom. The third-order valence-electron chi connectivity index (χ3n) is 5.99. The molecule has 1 fully saturated rings. The topological polar surface area (TPSA) is 36.9 Å². The Balaban J connectivity index is 2.86. The van der Waals surface area contributed by atoms with E-state index in [1.807, 2.05) is 0 Å². The van der Waals surface area contributed by atoms with Gasteiger partial charge in [0.15, 0.2) is 16.6 Å².